The monoisotopic (exact) mass is 310 g/mol. The van der Waals surface area contributed by atoms with E-state index in [2.05, 4.69) is 50.7 Å². The first kappa shape index (κ1) is 12.7. The molecule has 0 aliphatic carbocycles. The van der Waals surface area contributed by atoms with Gasteiger partial charge in [-0.2, -0.15) is 0 Å². The fourth-order valence-electron chi connectivity index (χ4n) is 1.71. The maximum atomic E-state index is 4.15. The van der Waals surface area contributed by atoms with E-state index in [1.807, 2.05) is 17.5 Å². The molecule has 90 valence electrons. The summed E-state index contributed by atoms with van der Waals surface area (Å²) in [6.45, 7) is 3.99. The topological polar surface area (TPSA) is 24.9 Å². The van der Waals surface area contributed by atoms with Crippen LogP contribution >= 0.6 is 27.3 Å². The van der Waals surface area contributed by atoms with Gasteiger partial charge in [0.15, 0.2) is 0 Å². The van der Waals surface area contributed by atoms with Crippen molar-refractivity contribution < 1.29 is 0 Å². The molecule has 0 saturated carbocycles. The number of rotatable bonds is 5. The Morgan fingerprint density at radius 2 is 2.24 bits per heavy atom. The summed E-state index contributed by atoms with van der Waals surface area (Å²) in [6.07, 6.45) is 4.81. The summed E-state index contributed by atoms with van der Waals surface area (Å²) < 4.78 is 1.03. The summed E-state index contributed by atoms with van der Waals surface area (Å²) in [5, 5.41) is 5.62. The van der Waals surface area contributed by atoms with Gasteiger partial charge in [0.2, 0.25) is 0 Å². The van der Waals surface area contributed by atoms with Crippen LogP contribution in [0.4, 0.5) is 0 Å². The number of nitrogens with zero attached hydrogens (tertiary/aromatic N) is 1. The third-order valence-corrected chi connectivity index (χ3v) is 3.99. The minimum atomic E-state index is 0.855. The van der Waals surface area contributed by atoms with Crippen molar-refractivity contribution in [2.75, 3.05) is 0 Å². The van der Waals surface area contributed by atoms with Gasteiger partial charge in [-0.25, -0.2) is 0 Å². The van der Waals surface area contributed by atoms with E-state index < -0.39 is 0 Å². The van der Waals surface area contributed by atoms with E-state index >= 15 is 0 Å². The fraction of sp³-hybridized carbons (Fsp3) is 0.308. The standard InChI is InChI=1S/C13H15BrN2S/c1-2-11-3-4-17-13(11)9-16-7-10-5-12(14)8-15-6-10/h3-6,8,16H,2,7,9H2,1H3. The van der Waals surface area contributed by atoms with Crippen LogP contribution < -0.4 is 5.32 Å². The first-order valence-corrected chi connectivity index (χ1v) is 7.32. The predicted molar refractivity (Wildman–Crippen MR) is 76.2 cm³/mol. The summed E-state index contributed by atoms with van der Waals surface area (Å²) in [5.41, 5.74) is 2.66. The predicted octanol–water partition coefficient (Wildman–Crippen LogP) is 3.76. The maximum Gasteiger partial charge on any atom is 0.0410 e. The van der Waals surface area contributed by atoms with E-state index in [1.54, 1.807) is 6.20 Å². The van der Waals surface area contributed by atoms with Crippen molar-refractivity contribution in [2.45, 2.75) is 26.4 Å². The summed E-state index contributed by atoms with van der Waals surface area (Å²) in [5.74, 6) is 0. The van der Waals surface area contributed by atoms with Crippen LogP contribution in [-0.2, 0) is 19.5 Å². The summed E-state index contributed by atoms with van der Waals surface area (Å²) in [6, 6.07) is 4.30. The molecule has 0 atom stereocenters. The van der Waals surface area contributed by atoms with Crippen LogP contribution in [0.5, 0.6) is 0 Å². The molecular weight excluding hydrogens is 296 g/mol. The molecule has 0 fully saturated rings. The molecule has 2 aromatic rings. The lowest BCUT2D eigenvalue weighted by Gasteiger charge is -2.05. The van der Waals surface area contributed by atoms with Gasteiger partial charge in [-0.3, -0.25) is 4.98 Å². The Hall–Kier alpha value is -0.710. The van der Waals surface area contributed by atoms with Gasteiger partial charge in [0.05, 0.1) is 0 Å². The summed E-state index contributed by atoms with van der Waals surface area (Å²) in [4.78, 5) is 5.59. The number of pyridine rings is 1. The number of nitrogens with one attached hydrogen (secondary N) is 1. The molecule has 0 aromatic carbocycles. The van der Waals surface area contributed by atoms with Crippen LogP contribution in [0.25, 0.3) is 0 Å². The zero-order chi connectivity index (χ0) is 12.1. The fourth-order valence-corrected chi connectivity index (χ4v) is 3.07. The van der Waals surface area contributed by atoms with E-state index in [4.69, 9.17) is 0 Å². The SMILES string of the molecule is CCc1ccsc1CNCc1cncc(Br)c1. The van der Waals surface area contributed by atoms with Gasteiger partial charge in [-0.05, 0) is 51.0 Å². The molecular formula is C13H15BrN2S. The molecule has 0 radical (unpaired) electrons. The highest BCUT2D eigenvalue weighted by molar-refractivity contribution is 9.10. The summed E-state index contributed by atoms with van der Waals surface area (Å²) in [7, 11) is 0. The Kier molecular flexibility index (Phi) is 4.71. The van der Waals surface area contributed by atoms with Crippen LogP contribution in [0.3, 0.4) is 0 Å². The first-order valence-electron chi connectivity index (χ1n) is 5.65. The van der Waals surface area contributed by atoms with Crippen LogP contribution in [-0.4, -0.2) is 4.98 Å². The minimum absolute atomic E-state index is 0.855. The number of thiophene rings is 1. The van der Waals surface area contributed by atoms with E-state index in [1.165, 1.54) is 16.0 Å². The van der Waals surface area contributed by atoms with Gasteiger partial charge in [0, 0.05) is 34.8 Å². The van der Waals surface area contributed by atoms with Crippen molar-refractivity contribution in [2.24, 2.45) is 0 Å². The molecule has 2 rings (SSSR count). The zero-order valence-corrected chi connectivity index (χ0v) is 12.1. The molecule has 0 amide bonds. The van der Waals surface area contributed by atoms with Crippen LogP contribution in [0.2, 0.25) is 0 Å². The smallest absolute Gasteiger partial charge is 0.0410 e. The van der Waals surface area contributed by atoms with Gasteiger partial charge in [-0.1, -0.05) is 6.92 Å². The Morgan fingerprint density at radius 3 is 3.00 bits per heavy atom. The number of aryl methyl sites for hydroxylation is 1. The second-order valence-corrected chi connectivity index (χ2v) is 5.75. The molecule has 0 aliphatic rings. The molecule has 0 bridgehead atoms. The number of hydrogen-bond acceptors (Lipinski definition) is 3. The van der Waals surface area contributed by atoms with Gasteiger partial charge in [0.1, 0.15) is 0 Å². The van der Waals surface area contributed by atoms with Gasteiger partial charge < -0.3 is 5.32 Å². The lowest BCUT2D eigenvalue weighted by molar-refractivity contribution is 0.694. The van der Waals surface area contributed by atoms with Crippen molar-refractivity contribution in [3.63, 3.8) is 0 Å². The second-order valence-electron chi connectivity index (χ2n) is 3.84. The second kappa shape index (κ2) is 6.28. The molecule has 2 heterocycles. The highest BCUT2D eigenvalue weighted by Gasteiger charge is 2.02. The van der Waals surface area contributed by atoms with Crippen molar-refractivity contribution in [1.29, 1.82) is 0 Å². The maximum absolute atomic E-state index is 4.15. The highest BCUT2D eigenvalue weighted by Crippen LogP contribution is 2.17. The molecule has 4 heteroatoms. The third kappa shape index (κ3) is 3.63. The number of aromatic nitrogens is 1. The normalized spacial score (nSPS) is 10.7. The zero-order valence-electron chi connectivity index (χ0n) is 9.74. The summed E-state index contributed by atoms with van der Waals surface area (Å²) >= 11 is 5.25. The van der Waals surface area contributed by atoms with Gasteiger partial charge >= 0.3 is 0 Å². The average Bonchev–Trinajstić information content (AvgIpc) is 2.77. The molecule has 2 aromatic heterocycles. The highest BCUT2D eigenvalue weighted by atomic mass is 79.9. The Morgan fingerprint density at radius 1 is 1.35 bits per heavy atom. The molecule has 17 heavy (non-hydrogen) atoms. The van der Waals surface area contributed by atoms with Crippen LogP contribution in [0, 0.1) is 0 Å². The van der Waals surface area contributed by atoms with Crippen LogP contribution in [0.15, 0.2) is 34.4 Å². The molecule has 1 N–H and O–H groups in total. The minimum Gasteiger partial charge on any atom is -0.308 e. The van der Waals surface area contributed by atoms with Crippen molar-refractivity contribution in [1.82, 2.24) is 10.3 Å². The molecule has 0 spiro atoms. The van der Waals surface area contributed by atoms with Crippen molar-refractivity contribution >= 4 is 27.3 Å². The van der Waals surface area contributed by atoms with Crippen LogP contribution in [0.1, 0.15) is 22.9 Å². The Labute approximate surface area is 114 Å². The Balaban J connectivity index is 1.87. The first-order chi connectivity index (χ1) is 8.29. The van der Waals surface area contributed by atoms with Gasteiger partial charge in [-0.15, -0.1) is 11.3 Å². The molecule has 2 nitrogen and oxygen atoms in total. The number of halogens is 1. The Bertz CT molecular complexity index is 482. The molecule has 0 aliphatic heterocycles. The molecule has 0 saturated heterocycles. The lowest BCUT2D eigenvalue weighted by Crippen LogP contribution is -2.12. The third-order valence-electron chi connectivity index (χ3n) is 2.59. The lowest BCUT2D eigenvalue weighted by atomic mass is 10.2. The van der Waals surface area contributed by atoms with E-state index in [9.17, 15) is 0 Å². The average molecular weight is 311 g/mol. The van der Waals surface area contributed by atoms with E-state index in [0.717, 1.165) is 24.0 Å². The largest absolute Gasteiger partial charge is 0.308 e. The van der Waals surface area contributed by atoms with E-state index in [-0.39, 0.29) is 0 Å². The van der Waals surface area contributed by atoms with Gasteiger partial charge in [0.25, 0.3) is 0 Å². The quantitative estimate of drug-likeness (QED) is 0.909. The van der Waals surface area contributed by atoms with Crippen molar-refractivity contribution in [3.05, 3.63) is 50.4 Å². The van der Waals surface area contributed by atoms with E-state index in [0.29, 0.717) is 0 Å². The number of hydrogen-bond donors (Lipinski definition) is 1. The van der Waals surface area contributed by atoms with Crippen molar-refractivity contribution in [3.8, 4) is 0 Å². The molecule has 0 unspecified atom stereocenters.